The van der Waals surface area contributed by atoms with E-state index in [2.05, 4.69) is 57.2 Å². The minimum absolute atomic E-state index is 0.0249. The van der Waals surface area contributed by atoms with Crippen LogP contribution < -0.4 is 4.74 Å². The molecule has 3 saturated carbocycles. The smallest absolute Gasteiger partial charge is 0.302 e. The first-order valence-corrected chi connectivity index (χ1v) is 16.6. The lowest BCUT2D eigenvalue weighted by Crippen LogP contribution is -2.50. The average molecular weight is 561 g/mol. The van der Waals surface area contributed by atoms with E-state index in [4.69, 9.17) is 9.47 Å². The van der Waals surface area contributed by atoms with Gasteiger partial charge >= 0.3 is 5.97 Å². The van der Waals surface area contributed by atoms with Gasteiger partial charge in [0.1, 0.15) is 11.9 Å². The lowest BCUT2D eigenvalue weighted by molar-refractivity contribution is -0.148. The molecule has 0 N–H and O–H groups in total. The number of ketones is 1. The highest BCUT2D eigenvalue weighted by molar-refractivity contribution is 6.06. The third-order valence-electron chi connectivity index (χ3n) is 11.3. The fourth-order valence-corrected chi connectivity index (χ4v) is 8.87. The number of Topliss-reactive ketones (excluding diaryl/α,β-unsaturated/α-hetero) is 1. The molecule has 0 aromatic heterocycles. The Bertz CT molecular complexity index is 1150. The van der Waals surface area contributed by atoms with Crippen LogP contribution in [-0.2, 0) is 14.3 Å². The largest absolute Gasteiger partial charge is 0.494 e. The van der Waals surface area contributed by atoms with Crippen molar-refractivity contribution in [3.05, 3.63) is 47.1 Å². The molecular weight excluding hydrogens is 508 g/mol. The van der Waals surface area contributed by atoms with Crippen molar-refractivity contribution in [3.8, 4) is 5.75 Å². The van der Waals surface area contributed by atoms with Gasteiger partial charge in [-0.1, -0.05) is 83.1 Å². The Morgan fingerprint density at radius 1 is 0.927 bits per heavy atom. The van der Waals surface area contributed by atoms with E-state index in [-0.39, 0.29) is 22.9 Å². The minimum Gasteiger partial charge on any atom is -0.494 e. The Morgan fingerprint density at radius 3 is 2.37 bits per heavy atom. The Labute approximate surface area is 248 Å². The molecular formula is C37H52O4. The van der Waals surface area contributed by atoms with Gasteiger partial charge in [0.05, 0.1) is 6.61 Å². The molecule has 6 atom stereocenters. The van der Waals surface area contributed by atoms with Crippen molar-refractivity contribution in [1.29, 1.82) is 0 Å². The predicted octanol–water partition coefficient (Wildman–Crippen LogP) is 9.27. The van der Waals surface area contributed by atoms with Crippen molar-refractivity contribution in [3.63, 3.8) is 0 Å². The number of hydrogen-bond donors (Lipinski definition) is 0. The van der Waals surface area contributed by atoms with E-state index >= 15 is 0 Å². The number of allylic oxidation sites excluding steroid dienone is 2. The van der Waals surface area contributed by atoms with Gasteiger partial charge in [-0.15, -0.1) is 0 Å². The van der Waals surface area contributed by atoms with Gasteiger partial charge in [0.25, 0.3) is 0 Å². The molecule has 0 radical (unpaired) electrons. The van der Waals surface area contributed by atoms with Crippen molar-refractivity contribution in [2.24, 2.45) is 28.6 Å². The molecule has 0 unspecified atom stereocenters. The van der Waals surface area contributed by atoms with Crippen LogP contribution in [0.25, 0.3) is 6.08 Å². The number of hydrogen-bond acceptors (Lipinski definition) is 4. The topological polar surface area (TPSA) is 52.6 Å². The number of fused-ring (bicyclic) bond motifs is 5. The molecule has 0 saturated heterocycles. The summed E-state index contributed by atoms with van der Waals surface area (Å²) in [6.45, 7) is 9.25. The number of carbonyl (C=O) groups excluding carboxylic acids is 2. The Balaban J connectivity index is 1.20. The number of carbonyl (C=O) groups is 2. The van der Waals surface area contributed by atoms with Gasteiger partial charge in [0.2, 0.25) is 0 Å². The van der Waals surface area contributed by atoms with Gasteiger partial charge in [-0.3, -0.25) is 9.59 Å². The molecule has 0 spiro atoms. The van der Waals surface area contributed by atoms with Gasteiger partial charge in [-0.25, -0.2) is 0 Å². The fraction of sp³-hybridized carbons (Fsp3) is 0.676. The third kappa shape index (κ3) is 6.37. The highest BCUT2D eigenvalue weighted by Crippen LogP contribution is 2.64. The first-order valence-electron chi connectivity index (χ1n) is 16.6. The first kappa shape index (κ1) is 30.1. The van der Waals surface area contributed by atoms with Gasteiger partial charge in [0, 0.05) is 18.8 Å². The molecule has 4 nitrogen and oxygen atoms in total. The van der Waals surface area contributed by atoms with E-state index in [0.29, 0.717) is 23.5 Å². The quantitative estimate of drug-likeness (QED) is 0.117. The summed E-state index contributed by atoms with van der Waals surface area (Å²) in [6, 6.07) is 8.31. The molecule has 224 valence electrons. The maximum absolute atomic E-state index is 13.8. The van der Waals surface area contributed by atoms with Gasteiger partial charge in [0.15, 0.2) is 5.78 Å². The van der Waals surface area contributed by atoms with Crippen LogP contribution in [0.1, 0.15) is 123 Å². The van der Waals surface area contributed by atoms with Crippen LogP contribution >= 0.6 is 0 Å². The van der Waals surface area contributed by atoms with Crippen LogP contribution in [-0.4, -0.2) is 24.5 Å². The molecule has 3 fully saturated rings. The summed E-state index contributed by atoms with van der Waals surface area (Å²) in [5.41, 5.74) is 3.52. The number of unbranched alkanes of at least 4 members (excludes halogenated alkanes) is 6. The summed E-state index contributed by atoms with van der Waals surface area (Å²) in [7, 11) is 0. The molecule has 0 amide bonds. The summed E-state index contributed by atoms with van der Waals surface area (Å²) >= 11 is 0. The Kier molecular flexibility index (Phi) is 9.46. The average Bonchev–Trinajstić information content (AvgIpc) is 3.20. The van der Waals surface area contributed by atoms with E-state index in [9.17, 15) is 9.59 Å². The SMILES string of the molecule is CCCCCCCCCOc1ccc(/C=C2\C[C@@H]3[C@H]4CC=C5C[C@H](OC(C)=O)CC[C@]5(C)[C@@H]4CC[C@]3(C)C2=O)cc1. The Morgan fingerprint density at radius 2 is 1.63 bits per heavy atom. The molecule has 0 aliphatic heterocycles. The second-order valence-corrected chi connectivity index (χ2v) is 13.9. The maximum atomic E-state index is 13.8. The number of ether oxygens (including phenoxy) is 2. The number of benzene rings is 1. The Hall–Kier alpha value is -2.36. The van der Waals surface area contributed by atoms with Crippen LogP contribution in [0.3, 0.4) is 0 Å². The predicted molar refractivity (Wildman–Crippen MR) is 166 cm³/mol. The molecule has 5 rings (SSSR count). The second kappa shape index (κ2) is 12.9. The van der Waals surface area contributed by atoms with E-state index < -0.39 is 0 Å². The normalized spacial score (nSPS) is 33.5. The molecule has 0 heterocycles. The second-order valence-electron chi connectivity index (χ2n) is 13.9. The summed E-state index contributed by atoms with van der Waals surface area (Å²) in [5.74, 6) is 2.68. The number of rotatable bonds is 11. The molecule has 1 aromatic rings. The summed E-state index contributed by atoms with van der Waals surface area (Å²) < 4.78 is 11.6. The van der Waals surface area contributed by atoms with Gasteiger partial charge in [-0.2, -0.15) is 0 Å². The lowest BCUT2D eigenvalue weighted by Gasteiger charge is -2.56. The first-order chi connectivity index (χ1) is 19.7. The molecule has 0 bridgehead atoms. The third-order valence-corrected chi connectivity index (χ3v) is 11.3. The van der Waals surface area contributed by atoms with Crippen molar-refractivity contribution in [1.82, 2.24) is 0 Å². The van der Waals surface area contributed by atoms with E-state index in [1.54, 1.807) is 0 Å². The maximum Gasteiger partial charge on any atom is 0.302 e. The monoisotopic (exact) mass is 560 g/mol. The molecule has 41 heavy (non-hydrogen) atoms. The van der Waals surface area contributed by atoms with E-state index in [0.717, 1.165) is 74.9 Å². The highest BCUT2D eigenvalue weighted by atomic mass is 16.5. The van der Waals surface area contributed by atoms with Crippen molar-refractivity contribution < 1.29 is 19.1 Å². The van der Waals surface area contributed by atoms with E-state index in [1.807, 2.05) is 0 Å². The van der Waals surface area contributed by atoms with Crippen LogP contribution in [0, 0.1) is 28.6 Å². The fourth-order valence-electron chi connectivity index (χ4n) is 8.87. The minimum atomic E-state index is -0.247. The zero-order valence-electron chi connectivity index (χ0n) is 26.0. The van der Waals surface area contributed by atoms with Crippen LogP contribution in [0.15, 0.2) is 41.5 Å². The van der Waals surface area contributed by atoms with Gasteiger partial charge in [-0.05, 0) is 97.5 Å². The highest BCUT2D eigenvalue weighted by Gasteiger charge is 2.60. The van der Waals surface area contributed by atoms with Crippen LogP contribution in [0.2, 0.25) is 0 Å². The molecule has 4 aliphatic carbocycles. The van der Waals surface area contributed by atoms with Crippen LogP contribution in [0.4, 0.5) is 0 Å². The lowest BCUT2D eigenvalue weighted by atomic mass is 9.48. The molecule has 4 heteroatoms. The number of esters is 1. The molecule has 4 aliphatic rings. The van der Waals surface area contributed by atoms with Gasteiger partial charge < -0.3 is 9.47 Å². The summed E-state index contributed by atoms with van der Waals surface area (Å²) in [5, 5.41) is 0. The summed E-state index contributed by atoms with van der Waals surface area (Å²) in [6.07, 6.45) is 20.6. The zero-order chi connectivity index (χ0) is 29.0. The standard InChI is InChI=1S/C37H52O4/c1-5-6-7-8-9-10-11-22-40-30-15-12-27(13-16-30)23-28-24-34-32-17-14-29-25-31(41-26(2)38)18-20-36(29,3)33(32)19-21-37(34,4)35(28)39/h12-16,23,31-34H,5-11,17-22,24-25H2,1-4H3/b28-23+/t31-,32+,33-,34-,36+,37+/m1/s1. The van der Waals surface area contributed by atoms with Crippen LogP contribution in [0.5, 0.6) is 5.75 Å². The zero-order valence-corrected chi connectivity index (χ0v) is 26.0. The van der Waals surface area contributed by atoms with Crippen molar-refractivity contribution in [2.75, 3.05) is 6.61 Å². The molecule has 1 aromatic carbocycles. The summed E-state index contributed by atoms with van der Waals surface area (Å²) in [4.78, 5) is 25.4. The van der Waals surface area contributed by atoms with Crippen molar-refractivity contribution in [2.45, 2.75) is 124 Å². The van der Waals surface area contributed by atoms with Crippen molar-refractivity contribution >= 4 is 17.8 Å². The van der Waals surface area contributed by atoms with E-state index in [1.165, 1.54) is 51.0 Å².